The quantitative estimate of drug-likeness (QED) is 0.873. The van der Waals surface area contributed by atoms with Crippen LogP contribution in [0.1, 0.15) is 15.9 Å². The Bertz CT molecular complexity index is 642. The SMILES string of the molecule is Cn1ncc(C#N)c1NC(=O)c1cccc(F)c1. The van der Waals surface area contributed by atoms with Crippen molar-refractivity contribution in [3.8, 4) is 6.07 Å². The molecule has 1 aromatic carbocycles. The molecular weight excluding hydrogens is 235 g/mol. The van der Waals surface area contributed by atoms with E-state index in [2.05, 4.69) is 10.4 Å². The number of carbonyl (C=O) groups is 1. The number of anilines is 1. The zero-order valence-corrected chi connectivity index (χ0v) is 9.51. The fourth-order valence-corrected chi connectivity index (χ4v) is 1.48. The van der Waals surface area contributed by atoms with E-state index >= 15 is 0 Å². The summed E-state index contributed by atoms with van der Waals surface area (Å²) in [7, 11) is 1.60. The molecule has 5 nitrogen and oxygen atoms in total. The number of nitriles is 1. The summed E-state index contributed by atoms with van der Waals surface area (Å²) in [6.45, 7) is 0. The minimum atomic E-state index is -0.492. The number of carbonyl (C=O) groups excluding carboxylic acids is 1. The maximum atomic E-state index is 13.0. The Kier molecular flexibility index (Phi) is 3.06. The van der Waals surface area contributed by atoms with Gasteiger partial charge < -0.3 is 5.32 Å². The van der Waals surface area contributed by atoms with Gasteiger partial charge in [-0.15, -0.1) is 0 Å². The van der Waals surface area contributed by atoms with Gasteiger partial charge in [0.25, 0.3) is 5.91 Å². The minimum absolute atomic E-state index is 0.181. The second-order valence-corrected chi connectivity index (χ2v) is 3.61. The molecule has 0 aliphatic heterocycles. The van der Waals surface area contributed by atoms with E-state index in [1.165, 1.54) is 29.1 Å². The molecule has 1 aromatic heterocycles. The second-order valence-electron chi connectivity index (χ2n) is 3.61. The minimum Gasteiger partial charge on any atom is -0.306 e. The van der Waals surface area contributed by atoms with Crippen molar-refractivity contribution in [2.24, 2.45) is 7.05 Å². The molecule has 1 heterocycles. The van der Waals surface area contributed by atoms with E-state index in [1.54, 1.807) is 7.05 Å². The molecule has 6 heteroatoms. The molecule has 0 bridgehead atoms. The van der Waals surface area contributed by atoms with Gasteiger partial charge in [0.1, 0.15) is 23.3 Å². The van der Waals surface area contributed by atoms with E-state index in [0.29, 0.717) is 0 Å². The first-order valence-corrected chi connectivity index (χ1v) is 5.11. The van der Waals surface area contributed by atoms with Crippen molar-refractivity contribution in [3.05, 3.63) is 47.4 Å². The van der Waals surface area contributed by atoms with Gasteiger partial charge in [-0.3, -0.25) is 9.48 Å². The molecule has 90 valence electrons. The van der Waals surface area contributed by atoms with Gasteiger partial charge in [0.05, 0.1) is 6.20 Å². The van der Waals surface area contributed by atoms with Crippen LogP contribution in [0.5, 0.6) is 0 Å². The number of nitrogens with one attached hydrogen (secondary N) is 1. The maximum Gasteiger partial charge on any atom is 0.256 e. The number of aryl methyl sites for hydroxylation is 1. The van der Waals surface area contributed by atoms with Gasteiger partial charge in [-0.25, -0.2) is 4.39 Å². The summed E-state index contributed by atoms with van der Waals surface area (Å²) in [6, 6.07) is 7.22. The third-order valence-corrected chi connectivity index (χ3v) is 2.38. The maximum absolute atomic E-state index is 13.0. The predicted molar refractivity (Wildman–Crippen MR) is 62.3 cm³/mol. The third-order valence-electron chi connectivity index (χ3n) is 2.38. The molecule has 2 rings (SSSR count). The van der Waals surface area contributed by atoms with Gasteiger partial charge in [-0.2, -0.15) is 10.4 Å². The van der Waals surface area contributed by atoms with Crippen molar-refractivity contribution in [2.45, 2.75) is 0 Å². The Morgan fingerprint density at radius 2 is 2.33 bits per heavy atom. The zero-order valence-electron chi connectivity index (χ0n) is 9.51. The molecule has 0 aliphatic carbocycles. The van der Waals surface area contributed by atoms with Crippen molar-refractivity contribution in [1.29, 1.82) is 5.26 Å². The van der Waals surface area contributed by atoms with Gasteiger partial charge in [-0.05, 0) is 18.2 Å². The van der Waals surface area contributed by atoms with Crippen molar-refractivity contribution in [2.75, 3.05) is 5.32 Å². The van der Waals surface area contributed by atoms with Crippen LogP contribution in [-0.4, -0.2) is 15.7 Å². The molecule has 1 N–H and O–H groups in total. The van der Waals surface area contributed by atoms with Crippen LogP contribution in [0.3, 0.4) is 0 Å². The average molecular weight is 244 g/mol. The number of halogens is 1. The van der Waals surface area contributed by atoms with Gasteiger partial charge in [-0.1, -0.05) is 6.07 Å². The van der Waals surface area contributed by atoms with Crippen molar-refractivity contribution in [1.82, 2.24) is 9.78 Å². The number of amides is 1. The molecule has 0 unspecified atom stereocenters. The topological polar surface area (TPSA) is 70.7 Å². The summed E-state index contributed by atoms with van der Waals surface area (Å²) in [4.78, 5) is 11.9. The Balaban J connectivity index is 2.27. The molecule has 0 atom stereocenters. The van der Waals surface area contributed by atoms with Gasteiger partial charge >= 0.3 is 0 Å². The highest BCUT2D eigenvalue weighted by molar-refractivity contribution is 6.04. The number of aromatic nitrogens is 2. The summed E-state index contributed by atoms with van der Waals surface area (Å²) in [6.07, 6.45) is 1.35. The lowest BCUT2D eigenvalue weighted by Crippen LogP contribution is -2.15. The highest BCUT2D eigenvalue weighted by Gasteiger charge is 2.13. The Morgan fingerprint density at radius 3 is 3.00 bits per heavy atom. The van der Waals surface area contributed by atoms with Crippen LogP contribution in [0, 0.1) is 17.1 Å². The average Bonchev–Trinajstić information content (AvgIpc) is 2.70. The molecular formula is C12H9FN4O. The lowest BCUT2D eigenvalue weighted by atomic mass is 10.2. The van der Waals surface area contributed by atoms with Crippen LogP contribution < -0.4 is 5.32 Å². The normalized spacial score (nSPS) is 9.83. The standard InChI is InChI=1S/C12H9FN4O/c1-17-11(9(6-14)7-15-17)16-12(18)8-3-2-4-10(13)5-8/h2-5,7H,1H3,(H,16,18). The Morgan fingerprint density at radius 1 is 1.56 bits per heavy atom. The number of rotatable bonds is 2. The molecule has 0 aliphatic rings. The molecule has 0 saturated heterocycles. The van der Waals surface area contributed by atoms with E-state index in [-0.39, 0.29) is 16.9 Å². The molecule has 0 fully saturated rings. The summed E-state index contributed by atoms with van der Waals surface area (Å²) in [5, 5.41) is 15.2. The van der Waals surface area contributed by atoms with Crippen molar-refractivity contribution in [3.63, 3.8) is 0 Å². The highest BCUT2D eigenvalue weighted by atomic mass is 19.1. The number of nitrogens with zero attached hydrogens (tertiary/aromatic N) is 3. The van der Waals surface area contributed by atoms with Crippen LogP contribution >= 0.6 is 0 Å². The smallest absolute Gasteiger partial charge is 0.256 e. The first-order valence-electron chi connectivity index (χ1n) is 5.11. The van der Waals surface area contributed by atoms with Gasteiger partial charge in [0.2, 0.25) is 0 Å². The van der Waals surface area contributed by atoms with Crippen LogP contribution in [0.2, 0.25) is 0 Å². The molecule has 18 heavy (non-hydrogen) atoms. The largest absolute Gasteiger partial charge is 0.306 e. The fraction of sp³-hybridized carbons (Fsp3) is 0.0833. The zero-order chi connectivity index (χ0) is 13.1. The van der Waals surface area contributed by atoms with Crippen molar-refractivity contribution >= 4 is 11.7 Å². The van der Waals surface area contributed by atoms with Gasteiger partial charge in [0, 0.05) is 12.6 Å². The molecule has 0 spiro atoms. The number of hydrogen-bond donors (Lipinski definition) is 1. The fourth-order valence-electron chi connectivity index (χ4n) is 1.48. The lowest BCUT2D eigenvalue weighted by molar-refractivity contribution is 0.102. The van der Waals surface area contributed by atoms with E-state index < -0.39 is 11.7 Å². The van der Waals surface area contributed by atoms with Crippen LogP contribution in [-0.2, 0) is 7.05 Å². The summed E-state index contributed by atoms with van der Waals surface area (Å²) in [5.41, 5.74) is 0.433. The molecule has 0 saturated carbocycles. The monoisotopic (exact) mass is 244 g/mol. The third kappa shape index (κ3) is 2.20. The van der Waals surface area contributed by atoms with Crippen LogP contribution in [0.15, 0.2) is 30.5 Å². The van der Waals surface area contributed by atoms with Crippen LogP contribution in [0.25, 0.3) is 0 Å². The summed E-state index contributed by atoms with van der Waals surface area (Å²) < 4.78 is 14.4. The lowest BCUT2D eigenvalue weighted by Gasteiger charge is -2.05. The van der Waals surface area contributed by atoms with Crippen molar-refractivity contribution < 1.29 is 9.18 Å². The van der Waals surface area contributed by atoms with E-state index in [4.69, 9.17) is 5.26 Å². The highest BCUT2D eigenvalue weighted by Crippen LogP contribution is 2.14. The Hall–Kier alpha value is -2.68. The predicted octanol–water partition coefficient (Wildman–Crippen LogP) is 1.68. The molecule has 0 radical (unpaired) electrons. The van der Waals surface area contributed by atoms with Gasteiger partial charge in [0.15, 0.2) is 0 Å². The molecule has 2 aromatic rings. The van der Waals surface area contributed by atoms with E-state index in [1.807, 2.05) is 6.07 Å². The summed E-state index contributed by atoms with van der Waals surface area (Å²) in [5.74, 6) is -0.700. The first kappa shape index (κ1) is 11.8. The van der Waals surface area contributed by atoms with E-state index in [0.717, 1.165) is 6.07 Å². The number of hydrogen-bond acceptors (Lipinski definition) is 3. The summed E-state index contributed by atoms with van der Waals surface area (Å²) >= 11 is 0. The van der Waals surface area contributed by atoms with Crippen LogP contribution in [0.4, 0.5) is 10.2 Å². The first-order chi connectivity index (χ1) is 8.61. The number of benzene rings is 1. The second kappa shape index (κ2) is 4.67. The Labute approximate surface area is 102 Å². The van der Waals surface area contributed by atoms with E-state index in [9.17, 15) is 9.18 Å². The molecule has 1 amide bonds.